The number of nitro benzene ring substituents is 1. The molecule has 0 aliphatic rings. The van der Waals surface area contributed by atoms with Crippen molar-refractivity contribution in [3.63, 3.8) is 0 Å². The number of carbonyl (C=O) groups excluding carboxylic acids is 1. The molecule has 0 atom stereocenters. The molecule has 6 heteroatoms. The maximum atomic E-state index is 10.7. The molecule has 1 rings (SSSR count). The zero-order valence-electron chi connectivity index (χ0n) is 8.38. The molecule has 0 saturated carbocycles. The number of nitrogens with zero attached hydrogens (tertiary/aromatic N) is 1. The zero-order chi connectivity index (χ0) is 12.1. The lowest BCUT2D eigenvalue weighted by molar-refractivity contribution is -0.385. The number of benzene rings is 1. The highest BCUT2D eigenvalue weighted by atomic mass is 16.6. The van der Waals surface area contributed by atoms with Crippen LogP contribution < -0.4 is 9.84 Å². The molecule has 16 heavy (non-hydrogen) atoms. The number of hydrogen-bond donors (Lipinski definition) is 0. The van der Waals surface area contributed by atoms with Crippen molar-refractivity contribution in [1.82, 2.24) is 0 Å². The lowest BCUT2D eigenvalue weighted by Gasteiger charge is -2.06. The van der Waals surface area contributed by atoms with Crippen LogP contribution in [0.1, 0.15) is 5.56 Å². The Labute approximate surface area is 90.9 Å². The molecule has 0 aliphatic heterocycles. The van der Waals surface area contributed by atoms with Gasteiger partial charge in [0.25, 0.3) is 5.69 Å². The Morgan fingerprint density at radius 2 is 2.19 bits per heavy atom. The van der Waals surface area contributed by atoms with Crippen molar-refractivity contribution in [2.24, 2.45) is 0 Å². The van der Waals surface area contributed by atoms with E-state index in [0.29, 0.717) is 5.75 Å². The van der Waals surface area contributed by atoms with Crippen molar-refractivity contribution in [3.05, 3.63) is 40.1 Å². The van der Waals surface area contributed by atoms with E-state index in [1.165, 1.54) is 25.3 Å². The molecular formula is C10H8NO5-. The van der Waals surface area contributed by atoms with Crippen molar-refractivity contribution in [1.29, 1.82) is 0 Å². The molecule has 0 aliphatic carbocycles. The molecular weight excluding hydrogens is 214 g/mol. The molecule has 0 unspecified atom stereocenters. The summed E-state index contributed by atoms with van der Waals surface area (Å²) in [7, 11) is 1.38. The first-order valence-corrected chi connectivity index (χ1v) is 4.24. The summed E-state index contributed by atoms with van der Waals surface area (Å²) in [5, 5.41) is 21.3. The van der Waals surface area contributed by atoms with Gasteiger partial charge in [-0.15, -0.1) is 6.26 Å². The highest BCUT2D eigenvalue weighted by Gasteiger charge is 2.16. The van der Waals surface area contributed by atoms with Gasteiger partial charge in [-0.05, 0) is 12.1 Å². The number of hydrogen-bond acceptors (Lipinski definition) is 5. The molecule has 6 nitrogen and oxygen atoms in total. The van der Waals surface area contributed by atoms with E-state index in [9.17, 15) is 20.0 Å². The van der Waals surface area contributed by atoms with E-state index < -0.39 is 4.92 Å². The van der Waals surface area contributed by atoms with Crippen molar-refractivity contribution in [2.75, 3.05) is 7.11 Å². The standard InChI is InChI=1S/C10H9NO5/c1-16-8-2-3-10(11(14)15)9(4-8)7(5-12)6-13/h2-6,12H,1H3/p-1/b7-5+. The molecule has 1 aromatic carbocycles. The summed E-state index contributed by atoms with van der Waals surface area (Å²) in [6.45, 7) is 0. The zero-order valence-corrected chi connectivity index (χ0v) is 8.38. The average Bonchev–Trinajstić information content (AvgIpc) is 2.30. The van der Waals surface area contributed by atoms with Crippen LogP contribution in [0.2, 0.25) is 0 Å². The van der Waals surface area contributed by atoms with Crippen molar-refractivity contribution in [2.45, 2.75) is 0 Å². The Bertz CT molecular complexity index is 453. The summed E-state index contributed by atoms with van der Waals surface area (Å²) in [6, 6.07) is 3.84. The van der Waals surface area contributed by atoms with Crippen LogP contribution in [0.5, 0.6) is 5.75 Å². The molecule has 0 saturated heterocycles. The molecule has 0 aromatic heterocycles. The Hall–Kier alpha value is -2.37. The lowest BCUT2D eigenvalue weighted by atomic mass is 10.1. The monoisotopic (exact) mass is 222 g/mol. The lowest BCUT2D eigenvalue weighted by Crippen LogP contribution is -2.00. The third-order valence-corrected chi connectivity index (χ3v) is 1.97. The van der Waals surface area contributed by atoms with Gasteiger partial charge in [-0.25, -0.2) is 0 Å². The van der Waals surface area contributed by atoms with E-state index in [-0.39, 0.29) is 29.4 Å². The van der Waals surface area contributed by atoms with Crippen LogP contribution >= 0.6 is 0 Å². The van der Waals surface area contributed by atoms with E-state index >= 15 is 0 Å². The first-order valence-electron chi connectivity index (χ1n) is 4.24. The fourth-order valence-corrected chi connectivity index (χ4v) is 1.19. The van der Waals surface area contributed by atoms with Gasteiger partial charge < -0.3 is 9.84 Å². The molecule has 0 bridgehead atoms. The molecule has 0 amide bonds. The van der Waals surface area contributed by atoms with E-state index in [0.717, 1.165) is 0 Å². The molecule has 0 radical (unpaired) electrons. The Kier molecular flexibility index (Phi) is 3.60. The highest BCUT2D eigenvalue weighted by Crippen LogP contribution is 2.28. The summed E-state index contributed by atoms with van der Waals surface area (Å²) in [5.41, 5.74) is -0.644. The van der Waals surface area contributed by atoms with E-state index in [4.69, 9.17) is 4.74 Å². The fourth-order valence-electron chi connectivity index (χ4n) is 1.19. The summed E-state index contributed by atoms with van der Waals surface area (Å²) < 4.78 is 4.86. The van der Waals surface area contributed by atoms with Crippen LogP contribution in [0.4, 0.5) is 5.69 Å². The summed E-state index contributed by atoms with van der Waals surface area (Å²) in [4.78, 5) is 20.6. The Morgan fingerprint density at radius 3 is 2.62 bits per heavy atom. The molecule has 1 aromatic rings. The van der Waals surface area contributed by atoms with Crippen LogP contribution in [-0.4, -0.2) is 18.3 Å². The highest BCUT2D eigenvalue weighted by molar-refractivity contribution is 6.08. The number of carbonyl (C=O) groups is 1. The minimum Gasteiger partial charge on any atom is -0.877 e. The van der Waals surface area contributed by atoms with Crippen LogP contribution in [0.3, 0.4) is 0 Å². The normalized spacial score (nSPS) is 10.9. The van der Waals surface area contributed by atoms with Crippen LogP contribution in [0.25, 0.3) is 5.57 Å². The third-order valence-electron chi connectivity index (χ3n) is 1.97. The second-order valence-corrected chi connectivity index (χ2v) is 2.83. The summed E-state index contributed by atoms with van der Waals surface area (Å²) >= 11 is 0. The first kappa shape index (κ1) is 11.7. The van der Waals surface area contributed by atoms with E-state index in [2.05, 4.69) is 0 Å². The molecule has 0 fully saturated rings. The number of ether oxygens (including phenoxy) is 1. The quantitative estimate of drug-likeness (QED) is 0.243. The van der Waals surface area contributed by atoms with Crippen molar-refractivity contribution >= 4 is 17.5 Å². The van der Waals surface area contributed by atoms with Gasteiger partial charge in [0.05, 0.1) is 17.6 Å². The van der Waals surface area contributed by atoms with E-state index in [1.54, 1.807) is 0 Å². The number of allylic oxidation sites excluding steroid dienone is 1. The summed E-state index contributed by atoms with van der Waals surface area (Å²) in [5.74, 6) is 0.335. The average molecular weight is 222 g/mol. The summed E-state index contributed by atoms with van der Waals surface area (Å²) in [6.07, 6.45) is 0.545. The number of aldehydes is 1. The molecule has 0 N–H and O–H groups in total. The van der Waals surface area contributed by atoms with Gasteiger partial charge in [-0.1, -0.05) is 0 Å². The number of nitro groups is 1. The molecule has 84 valence electrons. The van der Waals surface area contributed by atoms with Gasteiger partial charge in [-0.3, -0.25) is 14.9 Å². The van der Waals surface area contributed by atoms with Crippen molar-refractivity contribution in [3.8, 4) is 5.75 Å². The van der Waals surface area contributed by atoms with Gasteiger partial charge in [-0.2, -0.15) is 0 Å². The van der Waals surface area contributed by atoms with Gasteiger partial charge in [0, 0.05) is 11.6 Å². The van der Waals surface area contributed by atoms with Gasteiger partial charge in [0.1, 0.15) is 12.0 Å². The van der Waals surface area contributed by atoms with Gasteiger partial charge >= 0.3 is 0 Å². The predicted molar refractivity (Wildman–Crippen MR) is 53.7 cm³/mol. The van der Waals surface area contributed by atoms with Gasteiger partial charge in [0.2, 0.25) is 0 Å². The van der Waals surface area contributed by atoms with E-state index in [1.807, 2.05) is 0 Å². The maximum Gasteiger partial charge on any atom is 0.277 e. The largest absolute Gasteiger partial charge is 0.877 e. The number of methoxy groups -OCH3 is 1. The first-order chi connectivity index (χ1) is 7.63. The fraction of sp³-hybridized carbons (Fsp3) is 0.100. The molecule has 0 heterocycles. The second kappa shape index (κ2) is 4.92. The maximum absolute atomic E-state index is 10.7. The van der Waals surface area contributed by atoms with Crippen LogP contribution in [-0.2, 0) is 4.79 Å². The Balaban J connectivity index is 3.42. The minimum atomic E-state index is -0.665. The van der Waals surface area contributed by atoms with Crippen LogP contribution in [0.15, 0.2) is 24.5 Å². The topological polar surface area (TPSA) is 92.5 Å². The second-order valence-electron chi connectivity index (χ2n) is 2.83. The Morgan fingerprint density at radius 1 is 1.50 bits per heavy atom. The predicted octanol–water partition coefficient (Wildman–Crippen LogP) is 0.503. The minimum absolute atomic E-state index is 0.0469. The van der Waals surface area contributed by atoms with Crippen molar-refractivity contribution < 1.29 is 19.6 Å². The SMILES string of the molecule is COc1ccc([N+](=O)[O-])c(/C(C=O)=C/[O-])c1. The number of rotatable bonds is 4. The van der Waals surface area contributed by atoms with Gasteiger partial charge in [0.15, 0.2) is 0 Å². The third kappa shape index (κ3) is 2.17. The van der Waals surface area contributed by atoms with Crippen LogP contribution in [0, 0.1) is 10.1 Å². The smallest absolute Gasteiger partial charge is 0.277 e. The molecule has 0 spiro atoms.